The largest absolute Gasteiger partial charge is 0.491 e. The lowest BCUT2D eigenvalue weighted by molar-refractivity contribution is -0.115. The summed E-state index contributed by atoms with van der Waals surface area (Å²) in [6.07, 6.45) is 0.374. The zero-order chi connectivity index (χ0) is 16.1. The van der Waals surface area contributed by atoms with Crippen LogP contribution in [0.5, 0.6) is 5.75 Å². The minimum Gasteiger partial charge on any atom is -0.491 e. The van der Waals surface area contributed by atoms with Gasteiger partial charge in [-0.15, -0.1) is 5.10 Å². The minimum atomic E-state index is -0.126. The molecule has 2 rings (SSSR count). The Kier molecular flexibility index (Phi) is 5.09. The van der Waals surface area contributed by atoms with Crippen molar-refractivity contribution >= 4 is 11.7 Å². The maximum Gasteiger partial charge on any atom is 0.229 e. The molecule has 1 aromatic carbocycles. The average molecular weight is 299 g/mol. The van der Waals surface area contributed by atoms with Gasteiger partial charge >= 0.3 is 0 Å². The van der Waals surface area contributed by atoms with Crippen molar-refractivity contribution in [1.82, 2.24) is 10.2 Å². The Hall–Kier alpha value is -2.43. The van der Waals surface area contributed by atoms with Crippen LogP contribution in [0, 0.1) is 13.8 Å². The number of ether oxygens (including phenoxy) is 1. The molecule has 0 fully saturated rings. The summed E-state index contributed by atoms with van der Waals surface area (Å²) >= 11 is 0. The zero-order valence-corrected chi connectivity index (χ0v) is 13.4. The highest BCUT2D eigenvalue weighted by molar-refractivity contribution is 5.91. The SMILES string of the molecule is Cc1cc(NC(=O)Cc2cccc(OC(C)C)c2)nnc1C. The number of nitrogens with one attached hydrogen (secondary N) is 1. The molecule has 0 aliphatic carbocycles. The molecule has 1 amide bonds. The third-order valence-electron chi connectivity index (χ3n) is 3.13. The molecule has 5 nitrogen and oxygen atoms in total. The van der Waals surface area contributed by atoms with E-state index in [0.717, 1.165) is 22.6 Å². The number of rotatable bonds is 5. The van der Waals surface area contributed by atoms with E-state index >= 15 is 0 Å². The highest BCUT2D eigenvalue weighted by Crippen LogP contribution is 2.16. The highest BCUT2D eigenvalue weighted by atomic mass is 16.5. The molecule has 22 heavy (non-hydrogen) atoms. The van der Waals surface area contributed by atoms with Gasteiger partial charge < -0.3 is 10.1 Å². The van der Waals surface area contributed by atoms with Crippen molar-refractivity contribution in [3.05, 3.63) is 47.2 Å². The van der Waals surface area contributed by atoms with Crippen molar-refractivity contribution < 1.29 is 9.53 Å². The van der Waals surface area contributed by atoms with Crippen molar-refractivity contribution in [2.24, 2.45) is 0 Å². The Morgan fingerprint density at radius 2 is 2.00 bits per heavy atom. The van der Waals surface area contributed by atoms with Gasteiger partial charge in [0, 0.05) is 0 Å². The van der Waals surface area contributed by atoms with E-state index in [2.05, 4.69) is 15.5 Å². The van der Waals surface area contributed by atoms with Gasteiger partial charge in [0.15, 0.2) is 5.82 Å². The summed E-state index contributed by atoms with van der Waals surface area (Å²) in [6, 6.07) is 9.37. The lowest BCUT2D eigenvalue weighted by Crippen LogP contribution is -2.16. The van der Waals surface area contributed by atoms with E-state index < -0.39 is 0 Å². The number of nitrogens with zero attached hydrogens (tertiary/aromatic N) is 2. The molecular weight excluding hydrogens is 278 g/mol. The number of amides is 1. The van der Waals surface area contributed by atoms with E-state index in [1.807, 2.05) is 58.0 Å². The predicted octanol–water partition coefficient (Wildman–Crippen LogP) is 3.06. The molecule has 0 saturated heterocycles. The second-order valence-electron chi connectivity index (χ2n) is 5.54. The Morgan fingerprint density at radius 3 is 2.68 bits per heavy atom. The van der Waals surface area contributed by atoms with Crippen LogP contribution in [0.15, 0.2) is 30.3 Å². The normalized spacial score (nSPS) is 10.6. The second-order valence-corrected chi connectivity index (χ2v) is 5.54. The lowest BCUT2D eigenvalue weighted by atomic mass is 10.1. The third-order valence-corrected chi connectivity index (χ3v) is 3.13. The molecule has 0 saturated carbocycles. The number of aromatic nitrogens is 2. The molecule has 116 valence electrons. The molecule has 0 atom stereocenters. The van der Waals surface area contributed by atoms with Crippen LogP contribution in [-0.4, -0.2) is 22.2 Å². The summed E-state index contributed by atoms with van der Waals surface area (Å²) in [5.41, 5.74) is 2.75. The summed E-state index contributed by atoms with van der Waals surface area (Å²) in [7, 11) is 0. The summed E-state index contributed by atoms with van der Waals surface area (Å²) in [5.74, 6) is 1.12. The molecule has 0 radical (unpaired) electrons. The van der Waals surface area contributed by atoms with Gasteiger partial charge in [-0.2, -0.15) is 5.10 Å². The topological polar surface area (TPSA) is 64.1 Å². The molecule has 0 aliphatic heterocycles. The Balaban J connectivity index is 2.01. The Bertz CT molecular complexity index is 669. The number of aryl methyl sites for hydroxylation is 2. The van der Waals surface area contributed by atoms with Crippen LogP contribution in [0.1, 0.15) is 30.7 Å². The average Bonchev–Trinajstić information content (AvgIpc) is 2.42. The van der Waals surface area contributed by atoms with E-state index in [-0.39, 0.29) is 18.4 Å². The number of carbonyl (C=O) groups is 1. The van der Waals surface area contributed by atoms with Crippen molar-refractivity contribution in [1.29, 1.82) is 0 Å². The van der Waals surface area contributed by atoms with Crippen LogP contribution >= 0.6 is 0 Å². The molecular formula is C17H21N3O2. The molecule has 0 spiro atoms. The van der Waals surface area contributed by atoms with Crippen molar-refractivity contribution in [3.8, 4) is 5.75 Å². The maximum absolute atomic E-state index is 12.1. The highest BCUT2D eigenvalue weighted by Gasteiger charge is 2.08. The van der Waals surface area contributed by atoms with E-state index in [1.165, 1.54) is 0 Å². The number of hydrogen-bond donors (Lipinski definition) is 1. The molecule has 2 aromatic rings. The standard InChI is InChI=1S/C17H21N3O2/c1-11(2)22-15-7-5-6-14(9-15)10-17(21)18-16-8-12(3)13(4)19-20-16/h5-9,11H,10H2,1-4H3,(H,18,20,21). The maximum atomic E-state index is 12.1. The first kappa shape index (κ1) is 15.9. The molecule has 1 heterocycles. The van der Waals surface area contributed by atoms with Crippen LogP contribution in [0.4, 0.5) is 5.82 Å². The number of benzene rings is 1. The van der Waals surface area contributed by atoms with Crippen LogP contribution in [0.25, 0.3) is 0 Å². The van der Waals surface area contributed by atoms with E-state index in [4.69, 9.17) is 4.74 Å². The fourth-order valence-electron chi connectivity index (χ4n) is 1.98. The minimum absolute atomic E-state index is 0.106. The molecule has 5 heteroatoms. The van der Waals surface area contributed by atoms with Gasteiger partial charge in [0.1, 0.15) is 5.75 Å². The smallest absolute Gasteiger partial charge is 0.229 e. The van der Waals surface area contributed by atoms with Crippen molar-refractivity contribution in [3.63, 3.8) is 0 Å². The van der Waals surface area contributed by atoms with Gasteiger partial charge in [-0.05, 0) is 57.0 Å². The molecule has 1 aromatic heterocycles. The molecule has 0 aliphatic rings. The van der Waals surface area contributed by atoms with Gasteiger partial charge in [-0.1, -0.05) is 12.1 Å². The van der Waals surface area contributed by atoms with E-state index in [1.54, 1.807) is 0 Å². The van der Waals surface area contributed by atoms with Crippen molar-refractivity contribution in [2.75, 3.05) is 5.32 Å². The third kappa shape index (κ3) is 4.55. The zero-order valence-electron chi connectivity index (χ0n) is 13.4. The summed E-state index contributed by atoms with van der Waals surface area (Å²) in [5, 5.41) is 10.7. The second kappa shape index (κ2) is 7.02. The fraction of sp³-hybridized carbons (Fsp3) is 0.353. The van der Waals surface area contributed by atoms with Crippen molar-refractivity contribution in [2.45, 2.75) is 40.2 Å². The van der Waals surface area contributed by atoms with Gasteiger partial charge in [0.2, 0.25) is 5.91 Å². The molecule has 1 N–H and O–H groups in total. The van der Waals surface area contributed by atoms with Gasteiger partial charge in [0.05, 0.1) is 18.2 Å². The molecule has 0 unspecified atom stereocenters. The van der Waals surface area contributed by atoms with Gasteiger partial charge in [0.25, 0.3) is 0 Å². The number of anilines is 1. The lowest BCUT2D eigenvalue weighted by Gasteiger charge is -2.11. The number of carbonyl (C=O) groups excluding carboxylic acids is 1. The number of hydrogen-bond acceptors (Lipinski definition) is 4. The van der Waals surface area contributed by atoms with E-state index in [9.17, 15) is 4.79 Å². The van der Waals surface area contributed by atoms with Gasteiger partial charge in [-0.3, -0.25) is 4.79 Å². The predicted molar refractivity (Wildman–Crippen MR) is 86.0 cm³/mol. The first-order valence-corrected chi connectivity index (χ1v) is 7.30. The summed E-state index contributed by atoms with van der Waals surface area (Å²) in [4.78, 5) is 12.1. The first-order chi connectivity index (χ1) is 10.4. The van der Waals surface area contributed by atoms with Crippen LogP contribution in [0.3, 0.4) is 0 Å². The Morgan fingerprint density at radius 1 is 1.23 bits per heavy atom. The van der Waals surface area contributed by atoms with Crippen LogP contribution in [-0.2, 0) is 11.2 Å². The monoisotopic (exact) mass is 299 g/mol. The first-order valence-electron chi connectivity index (χ1n) is 7.30. The Labute approximate surface area is 130 Å². The summed E-state index contributed by atoms with van der Waals surface area (Å²) in [6.45, 7) is 7.76. The fourth-order valence-corrected chi connectivity index (χ4v) is 1.98. The van der Waals surface area contributed by atoms with E-state index in [0.29, 0.717) is 5.82 Å². The quantitative estimate of drug-likeness (QED) is 0.921. The van der Waals surface area contributed by atoms with Gasteiger partial charge in [-0.25, -0.2) is 0 Å². The summed E-state index contributed by atoms with van der Waals surface area (Å²) < 4.78 is 5.63. The molecule has 0 bridgehead atoms. The van der Waals surface area contributed by atoms with Crippen LogP contribution in [0.2, 0.25) is 0 Å². The van der Waals surface area contributed by atoms with Crippen LogP contribution < -0.4 is 10.1 Å².